The third-order valence-corrected chi connectivity index (χ3v) is 4.65. The second kappa shape index (κ2) is 6.61. The minimum absolute atomic E-state index is 0.122. The summed E-state index contributed by atoms with van der Waals surface area (Å²) in [4.78, 5) is 14.2. The van der Waals surface area contributed by atoms with E-state index < -0.39 is 11.7 Å². The van der Waals surface area contributed by atoms with Gasteiger partial charge in [-0.15, -0.1) is 0 Å². The molecule has 1 unspecified atom stereocenters. The van der Waals surface area contributed by atoms with Crippen LogP contribution in [0.2, 0.25) is 0 Å². The number of aliphatic hydroxyl groups is 1. The molecule has 1 heterocycles. The lowest BCUT2D eigenvalue weighted by atomic mass is 9.89. The smallest absolute Gasteiger partial charge is 0.411 e. The van der Waals surface area contributed by atoms with Crippen molar-refractivity contribution >= 4 is 6.09 Å². The van der Waals surface area contributed by atoms with Crippen LogP contribution in [0.15, 0.2) is 54.6 Å². The van der Waals surface area contributed by atoms with Gasteiger partial charge in [-0.2, -0.15) is 0 Å². The van der Waals surface area contributed by atoms with E-state index in [1.165, 1.54) is 12.1 Å². The summed E-state index contributed by atoms with van der Waals surface area (Å²) in [6.07, 6.45) is -0.0334. The minimum atomic E-state index is -1.11. The van der Waals surface area contributed by atoms with Crippen LogP contribution >= 0.6 is 0 Å². The fourth-order valence-electron chi connectivity index (χ4n) is 3.09. The zero-order valence-corrected chi connectivity index (χ0v) is 13.5. The van der Waals surface area contributed by atoms with Crippen molar-refractivity contribution in [1.82, 2.24) is 4.90 Å². The molecule has 24 heavy (non-hydrogen) atoms. The molecule has 0 aromatic heterocycles. The monoisotopic (exact) mass is 329 g/mol. The third kappa shape index (κ3) is 2.99. The highest BCUT2D eigenvalue weighted by molar-refractivity contribution is 5.70. The number of aliphatic hydroxyl groups excluding tert-OH is 1. The summed E-state index contributed by atoms with van der Waals surface area (Å²) in [5.74, 6) is -0.367. The largest absolute Gasteiger partial charge is 0.435 e. The van der Waals surface area contributed by atoms with Crippen molar-refractivity contribution in [3.05, 3.63) is 71.5 Å². The highest BCUT2D eigenvalue weighted by Crippen LogP contribution is 2.36. The molecule has 0 saturated carbocycles. The maximum Gasteiger partial charge on any atom is 0.411 e. The lowest BCUT2D eigenvalue weighted by Crippen LogP contribution is -2.50. The van der Waals surface area contributed by atoms with Crippen molar-refractivity contribution in [2.45, 2.75) is 25.0 Å². The Kier molecular flexibility index (Phi) is 4.53. The molecule has 3 rings (SSSR count). The molecule has 1 aliphatic heterocycles. The van der Waals surface area contributed by atoms with E-state index >= 15 is 0 Å². The molecular formula is C19H20FNO3. The van der Waals surface area contributed by atoms with Crippen LogP contribution in [0, 0.1) is 5.82 Å². The molecule has 1 N–H and O–H groups in total. The zero-order valence-electron chi connectivity index (χ0n) is 13.5. The van der Waals surface area contributed by atoms with E-state index in [1.807, 2.05) is 37.3 Å². The number of carbonyl (C=O) groups excluding carboxylic acids is 1. The van der Waals surface area contributed by atoms with Gasteiger partial charge in [-0.25, -0.2) is 9.18 Å². The predicted molar refractivity (Wildman–Crippen MR) is 87.8 cm³/mol. The number of benzene rings is 2. The Bertz CT molecular complexity index is 704. The summed E-state index contributed by atoms with van der Waals surface area (Å²) in [7, 11) is 0. The third-order valence-electron chi connectivity index (χ3n) is 4.65. The number of amides is 1. The van der Waals surface area contributed by atoms with Crippen LogP contribution in [-0.4, -0.2) is 29.3 Å². The van der Waals surface area contributed by atoms with E-state index in [0.717, 1.165) is 5.56 Å². The summed E-state index contributed by atoms with van der Waals surface area (Å²) >= 11 is 0. The molecule has 4 nitrogen and oxygen atoms in total. The van der Waals surface area contributed by atoms with Gasteiger partial charge in [0.2, 0.25) is 0 Å². The Morgan fingerprint density at radius 1 is 1.21 bits per heavy atom. The van der Waals surface area contributed by atoms with Gasteiger partial charge >= 0.3 is 6.09 Å². The number of rotatable bonds is 4. The minimum Gasteiger partial charge on any atom is -0.435 e. The van der Waals surface area contributed by atoms with Gasteiger partial charge in [0, 0.05) is 13.0 Å². The van der Waals surface area contributed by atoms with Crippen molar-refractivity contribution in [2.24, 2.45) is 0 Å². The Morgan fingerprint density at radius 2 is 1.88 bits per heavy atom. The average molecular weight is 329 g/mol. The van der Waals surface area contributed by atoms with Crippen LogP contribution in [0.3, 0.4) is 0 Å². The number of carbonyl (C=O) groups is 1. The molecule has 1 amide bonds. The molecular weight excluding hydrogens is 309 g/mol. The molecule has 126 valence electrons. The normalized spacial score (nSPS) is 22.1. The van der Waals surface area contributed by atoms with Crippen molar-refractivity contribution < 1.29 is 19.0 Å². The first-order chi connectivity index (χ1) is 11.6. The lowest BCUT2D eigenvalue weighted by Gasteiger charge is -2.42. The van der Waals surface area contributed by atoms with Gasteiger partial charge in [0.05, 0.1) is 12.6 Å². The zero-order chi connectivity index (χ0) is 17.2. The topological polar surface area (TPSA) is 49.8 Å². The molecule has 2 atom stereocenters. The van der Waals surface area contributed by atoms with Gasteiger partial charge in [0.15, 0.2) is 5.60 Å². The van der Waals surface area contributed by atoms with Crippen molar-refractivity contribution in [1.29, 1.82) is 0 Å². The Labute approximate surface area is 140 Å². The summed E-state index contributed by atoms with van der Waals surface area (Å²) in [5.41, 5.74) is 0.511. The lowest BCUT2D eigenvalue weighted by molar-refractivity contribution is -0.0882. The quantitative estimate of drug-likeness (QED) is 0.932. The van der Waals surface area contributed by atoms with Crippen LogP contribution in [0.1, 0.15) is 30.5 Å². The fraction of sp³-hybridized carbons (Fsp3) is 0.316. The van der Waals surface area contributed by atoms with Gasteiger partial charge in [0.1, 0.15) is 5.82 Å². The van der Waals surface area contributed by atoms with E-state index in [-0.39, 0.29) is 18.5 Å². The van der Waals surface area contributed by atoms with Crippen molar-refractivity contribution in [3.63, 3.8) is 0 Å². The molecule has 0 spiro atoms. The Morgan fingerprint density at radius 3 is 2.46 bits per heavy atom. The van der Waals surface area contributed by atoms with E-state index in [4.69, 9.17) is 4.74 Å². The average Bonchev–Trinajstić information content (AvgIpc) is 2.62. The maximum atomic E-state index is 13.1. The number of halogens is 1. The number of hydrogen-bond acceptors (Lipinski definition) is 3. The second-order valence-corrected chi connectivity index (χ2v) is 6.06. The maximum absolute atomic E-state index is 13.1. The SMILES string of the molecule is C[C@@H](c1ccccc1)N1CCC(CO)(c2ccc(F)cc2)OC1=O. The molecule has 1 aliphatic rings. The summed E-state index contributed by atoms with van der Waals surface area (Å²) < 4.78 is 18.8. The standard InChI is InChI=1S/C19H20FNO3/c1-14(15-5-3-2-4-6-15)21-12-11-19(13-22,24-18(21)23)16-7-9-17(20)10-8-16/h2-10,14,22H,11-13H2,1H3/t14-,19?/m0/s1. The van der Waals surface area contributed by atoms with Crippen LogP contribution in [0.25, 0.3) is 0 Å². The summed E-state index contributed by atoms with van der Waals surface area (Å²) in [6.45, 7) is 2.06. The summed E-state index contributed by atoms with van der Waals surface area (Å²) in [6, 6.07) is 15.3. The molecule has 0 radical (unpaired) electrons. The number of cyclic esters (lactones) is 1. The fourth-order valence-corrected chi connectivity index (χ4v) is 3.09. The second-order valence-electron chi connectivity index (χ2n) is 6.06. The van der Waals surface area contributed by atoms with Crippen LogP contribution in [0.4, 0.5) is 9.18 Å². The molecule has 2 aromatic rings. The molecule has 2 aromatic carbocycles. The van der Waals surface area contributed by atoms with E-state index in [9.17, 15) is 14.3 Å². The van der Waals surface area contributed by atoms with Gasteiger partial charge in [-0.3, -0.25) is 0 Å². The summed E-state index contributed by atoms with van der Waals surface area (Å²) in [5, 5.41) is 9.83. The van der Waals surface area contributed by atoms with Crippen LogP contribution < -0.4 is 0 Å². The highest BCUT2D eigenvalue weighted by Gasteiger charge is 2.43. The van der Waals surface area contributed by atoms with Crippen LogP contribution in [0.5, 0.6) is 0 Å². The molecule has 0 aliphatic carbocycles. The first-order valence-electron chi connectivity index (χ1n) is 7.97. The van der Waals surface area contributed by atoms with Crippen LogP contribution in [-0.2, 0) is 10.3 Å². The number of nitrogens with zero attached hydrogens (tertiary/aromatic N) is 1. The van der Waals surface area contributed by atoms with Gasteiger partial charge < -0.3 is 14.7 Å². The first-order valence-corrected chi connectivity index (χ1v) is 7.97. The first kappa shape index (κ1) is 16.5. The number of hydrogen-bond donors (Lipinski definition) is 1. The Hall–Kier alpha value is -2.40. The van der Waals surface area contributed by atoms with E-state index in [0.29, 0.717) is 18.5 Å². The molecule has 0 bridgehead atoms. The molecule has 5 heteroatoms. The van der Waals surface area contributed by atoms with E-state index in [2.05, 4.69) is 0 Å². The van der Waals surface area contributed by atoms with Gasteiger partial charge in [-0.05, 0) is 30.2 Å². The highest BCUT2D eigenvalue weighted by atomic mass is 19.1. The van der Waals surface area contributed by atoms with E-state index in [1.54, 1.807) is 17.0 Å². The van der Waals surface area contributed by atoms with Gasteiger partial charge in [-0.1, -0.05) is 42.5 Å². The van der Waals surface area contributed by atoms with Crippen molar-refractivity contribution in [2.75, 3.05) is 13.2 Å². The Balaban J connectivity index is 1.81. The molecule has 1 saturated heterocycles. The molecule has 1 fully saturated rings. The van der Waals surface area contributed by atoms with Crippen molar-refractivity contribution in [3.8, 4) is 0 Å². The predicted octanol–water partition coefficient (Wildman–Crippen LogP) is 3.62. The van der Waals surface area contributed by atoms with Gasteiger partial charge in [0.25, 0.3) is 0 Å². The number of ether oxygens (including phenoxy) is 1.